The molecule has 19 heavy (non-hydrogen) atoms. The first kappa shape index (κ1) is 17.4. The molecule has 0 nitrogen and oxygen atoms in total. The predicted molar refractivity (Wildman–Crippen MR) is 116 cm³/mol. The van der Waals surface area contributed by atoms with Gasteiger partial charge in [-0.25, -0.2) is 0 Å². The first-order valence-electron chi connectivity index (χ1n) is 5.94. The monoisotopic (exact) mass is 442 g/mol. The highest BCUT2D eigenvalue weighted by Gasteiger charge is 2.27. The molecule has 0 aromatic heterocycles. The van der Waals surface area contributed by atoms with E-state index in [-0.39, 0.29) is 5.53 Å². The van der Waals surface area contributed by atoms with E-state index < -0.39 is 0 Å². The van der Waals surface area contributed by atoms with Crippen LogP contribution in [0.3, 0.4) is 0 Å². The second-order valence-electron chi connectivity index (χ2n) is 4.21. The van der Waals surface area contributed by atoms with Crippen molar-refractivity contribution in [3.05, 3.63) is 0 Å². The third-order valence-corrected chi connectivity index (χ3v) is 29.9. The molecule has 10 heteroatoms. The van der Waals surface area contributed by atoms with Gasteiger partial charge in [0.05, 0.1) is 0 Å². The molecule has 0 amide bonds. The lowest BCUT2D eigenvalue weighted by atomic mass is 10.5. The Morgan fingerprint density at radius 1 is 0.579 bits per heavy atom. The maximum atomic E-state index is 2.20. The molecule has 3 aliphatic rings. The standard InChI is InChI=1S/C9H15PS9/c1-7(2-11-1)14-17-10(18-15-8-3-12-4-8)19-16-9-5-13-6-9/h7-9H,1-6H2. The summed E-state index contributed by atoms with van der Waals surface area (Å²) in [5.41, 5.74) is 0.0374. The lowest BCUT2D eigenvalue weighted by Gasteiger charge is -2.28. The number of hydrogen-bond donors (Lipinski definition) is 0. The Morgan fingerprint density at radius 2 is 0.895 bits per heavy atom. The quantitative estimate of drug-likeness (QED) is 0.280. The zero-order valence-corrected chi connectivity index (χ0v) is 18.3. The van der Waals surface area contributed by atoms with Gasteiger partial charge >= 0.3 is 0 Å². The minimum atomic E-state index is 0.0374. The van der Waals surface area contributed by atoms with E-state index in [0.29, 0.717) is 0 Å². The van der Waals surface area contributed by atoms with Crippen molar-refractivity contribution in [2.45, 2.75) is 15.7 Å². The van der Waals surface area contributed by atoms with Crippen molar-refractivity contribution in [1.29, 1.82) is 0 Å². The van der Waals surface area contributed by atoms with Crippen molar-refractivity contribution in [1.82, 2.24) is 0 Å². The van der Waals surface area contributed by atoms with Crippen LogP contribution < -0.4 is 0 Å². The van der Waals surface area contributed by atoms with Crippen LogP contribution in [0.2, 0.25) is 0 Å². The fourth-order valence-corrected chi connectivity index (χ4v) is 30.7. The zero-order valence-electron chi connectivity index (χ0n) is 10.1. The van der Waals surface area contributed by atoms with Crippen LogP contribution in [0.25, 0.3) is 0 Å². The third-order valence-electron chi connectivity index (χ3n) is 2.54. The van der Waals surface area contributed by atoms with Crippen LogP contribution in [0.1, 0.15) is 0 Å². The Bertz CT molecular complexity index is 226. The molecule has 0 unspecified atom stereocenters. The second-order valence-corrected chi connectivity index (χ2v) is 23.4. The lowest BCUT2D eigenvalue weighted by Crippen LogP contribution is -2.19. The Kier molecular flexibility index (Phi) is 8.95. The third kappa shape index (κ3) is 6.18. The summed E-state index contributed by atoms with van der Waals surface area (Å²) in [4.78, 5) is 0. The predicted octanol–water partition coefficient (Wildman–Crippen LogP) is 6.70. The summed E-state index contributed by atoms with van der Waals surface area (Å²) in [6.45, 7) is 0. The lowest BCUT2D eigenvalue weighted by molar-refractivity contribution is 1.09. The van der Waals surface area contributed by atoms with Gasteiger partial charge in [-0.1, -0.05) is 32.4 Å². The van der Waals surface area contributed by atoms with Crippen molar-refractivity contribution in [2.24, 2.45) is 0 Å². The second kappa shape index (κ2) is 9.77. The molecule has 0 bridgehead atoms. The van der Waals surface area contributed by atoms with Gasteiger partial charge in [0.1, 0.15) is 5.53 Å². The average molecular weight is 443 g/mol. The van der Waals surface area contributed by atoms with Gasteiger partial charge in [0.15, 0.2) is 0 Å². The van der Waals surface area contributed by atoms with E-state index in [2.05, 4.69) is 98.9 Å². The molecule has 110 valence electrons. The molecule has 3 aliphatic heterocycles. The van der Waals surface area contributed by atoms with Crippen molar-refractivity contribution in [3.63, 3.8) is 0 Å². The van der Waals surface area contributed by atoms with Crippen LogP contribution in [-0.4, -0.2) is 50.3 Å². The molecule has 0 atom stereocenters. The summed E-state index contributed by atoms with van der Waals surface area (Å²) in [5.74, 6) is 8.30. The van der Waals surface area contributed by atoms with E-state index in [4.69, 9.17) is 0 Å². The molecule has 0 spiro atoms. The van der Waals surface area contributed by atoms with Gasteiger partial charge in [-0.2, -0.15) is 35.3 Å². The summed E-state index contributed by atoms with van der Waals surface area (Å²) in [6, 6.07) is 0. The normalized spacial score (nSPS) is 25.1. The van der Waals surface area contributed by atoms with E-state index in [9.17, 15) is 0 Å². The average Bonchev–Trinajstić information content (AvgIpc) is 2.21. The molecule has 3 heterocycles. The summed E-state index contributed by atoms with van der Waals surface area (Å²) in [6.07, 6.45) is 0. The SMILES string of the molecule is C1SCC1SSP(SSC1CSC1)SSC1CSC1. The zero-order chi connectivity index (χ0) is 12.9. The van der Waals surface area contributed by atoms with Crippen molar-refractivity contribution >= 4 is 104 Å². The van der Waals surface area contributed by atoms with E-state index in [1.54, 1.807) is 0 Å². The highest BCUT2D eigenvalue weighted by molar-refractivity contribution is 9.41. The first-order valence-corrected chi connectivity index (χ1v) is 19.2. The van der Waals surface area contributed by atoms with E-state index >= 15 is 0 Å². The summed E-state index contributed by atoms with van der Waals surface area (Å²) >= 11 is 6.31. The summed E-state index contributed by atoms with van der Waals surface area (Å²) in [7, 11) is 13.1. The Balaban J connectivity index is 1.33. The van der Waals surface area contributed by atoms with Crippen LogP contribution in [0.5, 0.6) is 0 Å². The summed E-state index contributed by atoms with van der Waals surface area (Å²) in [5, 5.41) is 2.82. The summed E-state index contributed by atoms with van der Waals surface area (Å²) < 4.78 is 0. The van der Waals surface area contributed by atoms with E-state index in [1.165, 1.54) is 34.5 Å². The minimum absolute atomic E-state index is 0.0374. The van der Waals surface area contributed by atoms with Gasteiger partial charge in [0, 0.05) is 50.3 Å². The Hall–Kier alpha value is 3.58. The van der Waals surface area contributed by atoms with Crippen LogP contribution in [0.4, 0.5) is 0 Å². The first-order chi connectivity index (χ1) is 9.40. The van der Waals surface area contributed by atoms with E-state index in [0.717, 1.165) is 15.7 Å². The van der Waals surface area contributed by atoms with Gasteiger partial charge in [-0.3, -0.25) is 0 Å². The molecule has 0 N–H and O–H groups in total. The Labute approximate surface area is 153 Å². The van der Waals surface area contributed by atoms with Crippen molar-refractivity contribution in [2.75, 3.05) is 34.5 Å². The molecule has 0 aromatic rings. The molecule has 0 radical (unpaired) electrons. The Morgan fingerprint density at radius 3 is 1.11 bits per heavy atom. The maximum Gasteiger partial charge on any atom is 0.106 e. The van der Waals surface area contributed by atoms with Gasteiger partial charge in [0.25, 0.3) is 0 Å². The molecule has 0 aliphatic carbocycles. The maximum absolute atomic E-state index is 2.20. The molecule has 0 aromatic carbocycles. The van der Waals surface area contributed by atoms with Crippen LogP contribution in [0, 0.1) is 0 Å². The van der Waals surface area contributed by atoms with Crippen LogP contribution >= 0.6 is 104 Å². The van der Waals surface area contributed by atoms with Gasteiger partial charge in [-0.05, 0) is 31.2 Å². The van der Waals surface area contributed by atoms with Gasteiger partial charge < -0.3 is 0 Å². The smallest absolute Gasteiger partial charge is 0.106 e. The number of thioether (sulfide) groups is 3. The largest absolute Gasteiger partial charge is 0.160 e. The molecule has 0 saturated carbocycles. The molecular formula is C9H15PS9. The highest BCUT2D eigenvalue weighted by atomic mass is 33.8. The molecule has 3 saturated heterocycles. The topological polar surface area (TPSA) is 0 Å². The van der Waals surface area contributed by atoms with Crippen LogP contribution in [-0.2, 0) is 0 Å². The fourth-order valence-electron chi connectivity index (χ4n) is 1.13. The molecule has 3 fully saturated rings. The number of hydrogen-bond acceptors (Lipinski definition) is 9. The van der Waals surface area contributed by atoms with Crippen molar-refractivity contribution < 1.29 is 0 Å². The van der Waals surface area contributed by atoms with Crippen LogP contribution in [0.15, 0.2) is 0 Å². The van der Waals surface area contributed by atoms with Gasteiger partial charge in [0.2, 0.25) is 0 Å². The minimum Gasteiger partial charge on any atom is -0.160 e. The molecule has 3 rings (SSSR count). The fraction of sp³-hybridized carbons (Fsp3) is 1.00. The molecular weight excluding hydrogens is 428 g/mol. The highest BCUT2D eigenvalue weighted by Crippen LogP contribution is 2.81. The van der Waals surface area contributed by atoms with Gasteiger partial charge in [-0.15, -0.1) is 0 Å². The van der Waals surface area contributed by atoms with E-state index in [1.807, 2.05) is 0 Å². The van der Waals surface area contributed by atoms with Crippen molar-refractivity contribution in [3.8, 4) is 0 Å². The number of rotatable bonds is 9.